The van der Waals surface area contributed by atoms with Crippen LogP contribution < -0.4 is 0 Å². The molecule has 2 atom stereocenters. The number of nitrogens with zero attached hydrogens (tertiary/aromatic N) is 2. The van der Waals surface area contributed by atoms with Crippen molar-refractivity contribution < 1.29 is 4.79 Å². The van der Waals surface area contributed by atoms with Crippen LogP contribution in [0.15, 0.2) is 24.5 Å². The Morgan fingerprint density at radius 1 is 1.57 bits per heavy atom. The van der Waals surface area contributed by atoms with Gasteiger partial charge in [-0.1, -0.05) is 13.0 Å². The van der Waals surface area contributed by atoms with Crippen molar-refractivity contribution in [3.8, 4) is 0 Å². The van der Waals surface area contributed by atoms with Gasteiger partial charge < -0.3 is 4.90 Å². The Bertz CT molecular complexity index is 336. The van der Waals surface area contributed by atoms with Crippen LogP contribution in [0.4, 0.5) is 0 Å². The molecule has 3 nitrogen and oxygen atoms in total. The Morgan fingerprint density at radius 2 is 2.36 bits per heavy atom. The SMILES string of the molecule is CC1C[C@@H](c2cccnc2)N(C)C1=O. The van der Waals surface area contributed by atoms with Crippen LogP contribution in [0.25, 0.3) is 0 Å². The van der Waals surface area contributed by atoms with Crippen LogP contribution in [0.3, 0.4) is 0 Å². The molecule has 0 saturated carbocycles. The summed E-state index contributed by atoms with van der Waals surface area (Å²) in [4.78, 5) is 17.5. The van der Waals surface area contributed by atoms with Crippen molar-refractivity contribution in [1.29, 1.82) is 0 Å². The van der Waals surface area contributed by atoms with E-state index < -0.39 is 0 Å². The van der Waals surface area contributed by atoms with E-state index in [-0.39, 0.29) is 17.9 Å². The van der Waals surface area contributed by atoms with Gasteiger partial charge in [0.15, 0.2) is 0 Å². The van der Waals surface area contributed by atoms with Crippen molar-refractivity contribution in [3.63, 3.8) is 0 Å². The maximum atomic E-state index is 11.6. The molecular formula is C11H14N2O. The molecule has 0 radical (unpaired) electrons. The molecule has 0 aliphatic carbocycles. The summed E-state index contributed by atoms with van der Waals surface area (Å²) in [5, 5.41) is 0. The largest absolute Gasteiger partial charge is 0.338 e. The molecule has 0 spiro atoms. The van der Waals surface area contributed by atoms with Crippen LogP contribution in [-0.4, -0.2) is 22.8 Å². The molecule has 1 aliphatic rings. The number of hydrogen-bond acceptors (Lipinski definition) is 2. The number of rotatable bonds is 1. The van der Waals surface area contributed by atoms with Crippen molar-refractivity contribution in [2.24, 2.45) is 5.92 Å². The zero-order valence-electron chi connectivity index (χ0n) is 8.47. The molecule has 14 heavy (non-hydrogen) atoms. The third-order valence-corrected chi connectivity index (χ3v) is 2.88. The van der Waals surface area contributed by atoms with E-state index in [4.69, 9.17) is 0 Å². The standard InChI is InChI=1S/C11H14N2O/c1-8-6-10(13(2)11(8)14)9-4-3-5-12-7-9/h3-5,7-8,10H,6H2,1-2H3/t8?,10-/m0/s1. The van der Waals surface area contributed by atoms with Gasteiger partial charge in [0.1, 0.15) is 0 Å². The lowest BCUT2D eigenvalue weighted by atomic mass is 10.0. The second-order valence-electron chi connectivity index (χ2n) is 3.89. The highest BCUT2D eigenvalue weighted by Gasteiger charge is 2.34. The molecule has 0 N–H and O–H groups in total. The summed E-state index contributed by atoms with van der Waals surface area (Å²) in [6, 6.07) is 4.15. The van der Waals surface area contributed by atoms with Crippen molar-refractivity contribution in [1.82, 2.24) is 9.88 Å². The van der Waals surface area contributed by atoms with Gasteiger partial charge >= 0.3 is 0 Å². The van der Waals surface area contributed by atoms with Crippen LogP contribution >= 0.6 is 0 Å². The fourth-order valence-corrected chi connectivity index (χ4v) is 2.03. The van der Waals surface area contributed by atoms with Gasteiger partial charge in [-0.15, -0.1) is 0 Å². The number of carbonyl (C=O) groups is 1. The summed E-state index contributed by atoms with van der Waals surface area (Å²) >= 11 is 0. The topological polar surface area (TPSA) is 33.2 Å². The lowest BCUT2D eigenvalue weighted by Crippen LogP contribution is -2.24. The molecule has 1 amide bonds. The monoisotopic (exact) mass is 190 g/mol. The molecule has 2 rings (SSSR count). The maximum absolute atomic E-state index is 11.6. The summed E-state index contributed by atoms with van der Waals surface area (Å²) in [5.74, 6) is 0.379. The van der Waals surface area contributed by atoms with Crippen molar-refractivity contribution >= 4 is 5.91 Å². The van der Waals surface area contributed by atoms with E-state index in [1.165, 1.54) is 0 Å². The van der Waals surface area contributed by atoms with E-state index in [9.17, 15) is 4.79 Å². The van der Waals surface area contributed by atoms with Gasteiger partial charge in [-0.3, -0.25) is 9.78 Å². The Morgan fingerprint density at radius 3 is 2.86 bits per heavy atom. The fourth-order valence-electron chi connectivity index (χ4n) is 2.03. The molecule has 1 aliphatic heterocycles. The predicted octanol–water partition coefficient (Wildman–Crippen LogP) is 1.62. The predicted molar refractivity (Wildman–Crippen MR) is 53.5 cm³/mol. The highest BCUT2D eigenvalue weighted by Crippen LogP contribution is 2.34. The zero-order chi connectivity index (χ0) is 10.1. The molecule has 1 saturated heterocycles. The molecule has 1 aromatic rings. The maximum Gasteiger partial charge on any atom is 0.225 e. The fraction of sp³-hybridized carbons (Fsp3) is 0.455. The van der Waals surface area contributed by atoms with Gasteiger partial charge in [0.2, 0.25) is 5.91 Å². The van der Waals surface area contributed by atoms with Crippen LogP contribution in [0.2, 0.25) is 0 Å². The molecule has 0 bridgehead atoms. The average molecular weight is 190 g/mol. The van der Waals surface area contributed by atoms with Crippen molar-refractivity contribution in [2.75, 3.05) is 7.05 Å². The number of amides is 1. The van der Waals surface area contributed by atoms with Gasteiger partial charge in [0, 0.05) is 25.4 Å². The Kier molecular flexibility index (Phi) is 2.23. The molecule has 3 heteroatoms. The Hall–Kier alpha value is -1.38. The molecule has 2 heterocycles. The molecular weight excluding hydrogens is 176 g/mol. The summed E-state index contributed by atoms with van der Waals surface area (Å²) in [6.45, 7) is 1.98. The molecule has 1 unspecified atom stereocenters. The number of pyridine rings is 1. The Balaban J connectivity index is 2.26. The van der Waals surface area contributed by atoms with Gasteiger partial charge in [0.05, 0.1) is 6.04 Å². The third kappa shape index (κ3) is 1.39. The first-order valence-corrected chi connectivity index (χ1v) is 4.86. The van der Waals surface area contributed by atoms with Crippen LogP contribution in [0.5, 0.6) is 0 Å². The van der Waals surface area contributed by atoms with Gasteiger partial charge in [0.25, 0.3) is 0 Å². The summed E-state index contributed by atoms with van der Waals surface area (Å²) in [6.07, 6.45) is 4.50. The first kappa shape index (κ1) is 9.19. The number of hydrogen-bond donors (Lipinski definition) is 0. The molecule has 1 fully saturated rings. The highest BCUT2D eigenvalue weighted by atomic mass is 16.2. The second kappa shape index (κ2) is 3.40. The van der Waals surface area contributed by atoms with E-state index in [1.807, 2.05) is 37.2 Å². The summed E-state index contributed by atoms with van der Waals surface area (Å²) in [7, 11) is 1.86. The lowest BCUT2D eigenvalue weighted by Gasteiger charge is -2.19. The third-order valence-electron chi connectivity index (χ3n) is 2.88. The lowest BCUT2D eigenvalue weighted by molar-refractivity contribution is -0.130. The number of carbonyl (C=O) groups excluding carboxylic acids is 1. The first-order chi connectivity index (χ1) is 6.70. The van der Waals surface area contributed by atoms with E-state index >= 15 is 0 Å². The van der Waals surface area contributed by atoms with E-state index in [0.29, 0.717) is 0 Å². The summed E-state index contributed by atoms with van der Waals surface area (Å²) in [5.41, 5.74) is 1.13. The van der Waals surface area contributed by atoms with E-state index in [2.05, 4.69) is 4.98 Å². The molecule has 1 aromatic heterocycles. The summed E-state index contributed by atoms with van der Waals surface area (Å²) < 4.78 is 0. The molecule has 0 aromatic carbocycles. The minimum absolute atomic E-state index is 0.144. The number of aromatic nitrogens is 1. The second-order valence-corrected chi connectivity index (χ2v) is 3.89. The normalized spacial score (nSPS) is 27.0. The van der Waals surface area contributed by atoms with Crippen molar-refractivity contribution in [3.05, 3.63) is 30.1 Å². The first-order valence-electron chi connectivity index (χ1n) is 4.86. The highest BCUT2D eigenvalue weighted by molar-refractivity contribution is 5.81. The smallest absolute Gasteiger partial charge is 0.225 e. The van der Waals surface area contributed by atoms with Crippen LogP contribution in [0, 0.1) is 5.92 Å². The zero-order valence-corrected chi connectivity index (χ0v) is 8.47. The van der Waals surface area contributed by atoms with Gasteiger partial charge in [-0.2, -0.15) is 0 Å². The van der Waals surface area contributed by atoms with Crippen LogP contribution in [0.1, 0.15) is 24.9 Å². The quantitative estimate of drug-likeness (QED) is 0.674. The minimum atomic E-state index is 0.144. The Labute approximate surface area is 83.8 Å². The van der Waals surface area contributed by atoms with E-state index in [1.54, 1.807) is 6.20 Å². The van der Waals surface area contributed by atoms with Crippen LogP contribution in [-0.2, 0) is 4.79 Å². The number of likely N-dealkylation sites (tertiary alicyclic amines) is 1. The minimum Gasteiger partial charge on any atom is -0.338 e. The average Bonchev–Trinajstić information content (AvgIpc) is 2.47. The van der Waals surface area contributed by atoms with Gasteiger partial charge in [-0.25, -0.2) is 0 Å². The van der Waals surface area contributed by atoms with Crippen molar-refractivity contribution in [2.45, 2.75) is 19.4 Å². The molecule has 74 valence electrons. The van der Waals surface area contributed by atoms with Gasteiger partial charge in [-0.05, 0) is 18.1 Å². The van der Waals surface area contributed by atoms with E-state index in [0.717, 1.165) is 12.0 Å².